The second-order valence-electron chi connectivity index (χ2n) is 3.11. The number of hydrogen-bond acceptors (Lipinski definition) is 2. The molecule has 5 heteroatoms. The Morgan fingerprint density at radius 2 is 2.07 bits per heavy atom. The minimum absolute atomic E-state index is 0.192. The molecule has 1 aromatic carbocycles. The molecule has 2 rings (SSSR count). The number of halogens is 1. The maximum Gasteiger partial charge on any atom is 0.296 e. The van der Waals surface area contributed by atoms with Crippen molar-refractivity contribution in [2.24, 2.45) is 0 Å². The van der Waals surface area contributed by atoms with Crippen molar-refractivity contribution < 1.29 is 14.0 Å². The van der Waals surface area contributed by atoms with E-state index in [4.69, 9.17) is 7.85 Å². The quantitative estimate of drug-likeness (QED) is 0.463. The molecule has 0 aliphatic carbocycles. The SMILES string of the molecule is [B]c1cc(F)c2c(c1C)NC(=O)C2=O. The van der Waals surface area contributed by atoms with Crippen molar-refractivity contribution in [3.8, 4) is 0 Å². The minimum atomic E-state index is -0.847. The Kier molecular flexibility index (Phi) is 1.70. The Morgan fingerprint density at radius 3 is 2.71 bits per heavy atom. The van der Waals surface area contributed by atoms with Gasteiger partial charge < -0.3 is 5.32 Å². The van der Waals surface area contributed by atoms with Gasteiger partial charge in [0.05, 0.1) is 11.3 Å². The predicted molar refractivity (Wildman–Crippen MR) is 49.5 cm³/mol. The van der Waals surface area contributed by atoms with Crippen LogP contribution in [0.1, 0.15) is 15.9 Å². The summed E-state index contributed by atoms with van der Waals surface area (Å²) in [5.41, 5.74) is 0.719. The van der Waals surface area contributed by atoms with Gasteiger partial charge in [-0.3, -0.25) is 9.59 Å². The van der Waals surface area contributed by atoms with Gasteiger partial charge in [0.2, 0.25) is 0 Å². The van der Waals surface area contributed by atoms with Crippen molar-refractivity contribution in [1.29, 1.82) is 0 Å². The van der Waals surface area contributed by atoms with Crippen LogP contribution >= 0.6 is 0 Å². The number of amides is 1. The first-order chi connectivity index (χ1) is 6.52. The summed E-state index contributed by atoms with van der Waals surface area (Å²) < 4.78 is 13.3. The normalized spacial score (nSPS) is 14.1. The number of nitrogens with one attached hydrogen (secondary N) is 1. The van der Waals surface area contributed by atoms with E-state index < -0.39 is 17.5 Å². The van der Waals surface area contributed by atoms with E-state index in [-0.39, 0.29) is 16.7 Å². The molecule has 0 fully saturated rings. The Morgan fingerprint density at radius 1 is 1.43 bits per heavy atom. The minimum Gasteiger partial charge on any atom is -0.318 e. The number of Topliss-reactive ketones (excluding diaryl/α,β-unsaturated/α-hetero) is 1. The average Bonchev–Trinajstić information content (AvgIpc) is 2.40. The summed E-state index contributed by atoms with van der Waals surface area (Å²) in [4.78, 5) is 22.2. The molecule has 1 N–H and O–H groups in total. The van der Waals surface area contributed by atoms with Gasteiger partial charge in [-0.1, -0.05) is 5.46 Å². The van der Waals surface area contributed by atoms with Crippen LogP contribution in [0.3, 0.4) is 0 Å². The van der Waals surface area contributed by atoms with Crippen LogP contribution in [0.5, 0.6) is 0 Å². The molecule has 1 amide bonds. The van der Waals surface area contributed by atoms with Gasteiger partial charge >= 0.3 is 0 Å². The molecule has 3 nitrogen and oxygen atoms in total. The fraction of sp³-hybridized carbons (Fsp3) is 0.111. The third kappa shape index (κ3) is 0.983. The third-order valence-corrected chi connectivity index (χ3v) is 2.25. The van der Waals surface area contributed by atoms with Gasteiger partial charge in [0, 0.05) is 0 Å². The Labute approximate surface area is 80.7 Å². The first-order valence-corrected chi connectivity index (χ1v) is 3.96. The predicted octanol–water partition coefficient (Wildman–Crippen LogP) is 0.0627. The zero-order valence-corrected chi connectivity index (χ0v) is 7.35. The standard InChI is InChI=1S/C9H5BFNO2/c1-3-4(10)2-5(11)6-7(3)12-9(14)8(6)13/h2H,1H3,(H,12,13,14). The topological polar surface area (TPSA) is 46.2 Å². The molecular weight excluding hydrogens is 184 g/mol. The number of hydrogen-bond donors (Lipinski definition) is 1. The van der Waals surface area contributed by atoms with Crippen LogP contribution in [0, 0.1) is 12.7 Å². The van der Waals surface area contributed by atoms with E-state index >= 15 is 0 Å². The van der Waals surface area contributed by atoms with Crippen LogP contribution < -0.4 is 10.8 Å². The van der Waals surface area contributed by atoms with Crippen LogP contribution in [0.4, 0.5) is 10.1 Å². The van der Waals surface area contributed by atoms with Crippen molar-refractivity contribution in [2.75, 3.05) is 5.32 Å². The number of carbonyl (C=O) groups is 2. The lowest BCUT2D eigenvalue weighted by atomic mass is 9.88. The second-order valence-corrected chi connectivity index (χ2v) is 3.11. The highest BCUT2D eigenvalue weighted by Crippen LogP contribution is 2.27. The largest absolute Gasteiger partial charge is 0.318 e. The van der Waals surface area contributed by atoms with Crippen LogP contribution in [0.2, 0.25) is 0 Å². The summed E-state index contributed by atoms with van der Waals surface area (Å²) in [7, 11) is 5.48. The summed E-state index contributed by atoms with van der Waals surface area (Å²) in [6, 6.07) is 1.05. The van der Waals surface area contributed by atoms with Crippen molar-refractivity contribution in [3.63, 3.8) is 0 Å². The number of carbonyl (C=O) groups excluding carboxylic acids is 2. The number of benzene rings is 1. The van der Waals surface area contributed by atoms with Crippen LogP contribution in [0.15, 0.2) is 6.07 Å². The summed E-state index contributed by atoms with van der Waals surface area (Å²) in [6.07, 6.45) is 0. The number of ketones is 1. The van der Waals surface area contributed by atoms with Gasteiger partial charge in [0.15, 0.2) is 0 Å². The molecule has 14 heavy (non-hydrogen) atoms. The highest BCUT2D eigenvalue weighted by Gasteiger charge is 2.32. The zero-order chi connectivity index (χ0) is 10.5. The van der Waals surface area contributed by atoms with Crippen LogP contribution in [-0.4, -0.2) is 19.5 Å². The molecule has 0 aromatic heterocycles. The molecule has 1 aromatic rings. The third-order valence-electron chi connectivity index (χ3n) is 2.25. The molecule has 0 bridgehead atoms. The lowest BCUT2D eigenvalue weighted by Crippen LogP contribution is -2.13. The van der Waals surface area contributed by atoms with Crippen molar-refractivity contribution in [2.45, 2.75) is 6.92 Å². The number of rotatable bonds is 0. The Bertz CT molecular complexity index is 470. The highest BCUT2D eigenvalue weighted by atomic mass is 19.1. The lowest BCUT2D eigenvalue weighted by molar-refractivity contribution is -0.112. The van der Waals surface area contributed by atoms with E-state index in [1.807, 2.05) is 0 Å². The van der Waals surface area contributed by atoms with Crippen LogP contribution in [-0.2, 0) is 4.79 Å². The maximum atomic E-state index is 13.3. The van der Waals surface area contributed by atoms with E-state index in [2.05, 4.69) is 5.32 Å². The molecule has 68 valence electrons. The van der Waals surface area contributed by atoms with Gasteiger partial charge in [-0.2, -0.15) is 0 Å². The monoisotopic (exact) mass is 189 g/mol. The smallest absolute Gasteiger partial charge is 0.296 e. The maximum absolute atomic E-state index is 13.3. The van der Waals surface area contributed by atoms with E-state index in [1.54, 1.807) is 6.92 Å². The fourth-order valence-corrected chi connectivity index (χ4v) is 1.43. The van der Waals surface area contributed by atoms with Crippen molar-refractivity contribution in [1.82, 2.24) is 0 Å². The van der Waals surface area contributed by atoms with E-state index in [0.29, 0.717) is 5.56 Å². The van der Waals surface area contributed by atoms with Gasteiger partial charge in [-0.25, -0.2) is 4.39 Å². The van der Waals surface area contributed by atoms with E-state index in [1.165, 1.54) is 0 Å². The summed E-state index contributed by atoms with van der Waals surface area (Å²) >= 11 is 0. The van der Waals surface area contributed by atoms with Crippen molar-refractivity contribution in [3.05, 3.63) is 23.0 Å². The molecule has 1 aliphatic heterocycles. The number of fused-ring (bicyclic) bond motifs is 1. The molecule has 1 aliphatic rings. The van der Waals surface area contributed by atoms with Gasteiger partial charge in [-0.15, -0.1) is 0 Å². The van der Waals surface area contributed by atoms with E-state index in [9.17, 15) is 14.0 Å². The fourth-order valence-electron chi connectivity index (χ4n) is 1.43. The van der Waals surface area contributed by atoms with Crippen LogP contribution in [0.25, 0.3) is 0 Å². The average molecular weight is 189 g/mol. The lowest BCUT2D eigenvalue weighted by Gasteiger charge is -2.06. The summed E-state index contributed by atoms with van der Waals surface area (Å²) in [5.74, 6) is -2.42. The van der Waals surface area contributed by atoms with Gasteiger partial charge in [-0.05, 0) is 18.6 Å². The molecule has 0 saturated heterocycles. The zero-order valence-electron chi connectivity index (χ0n) is 7.35. The molecule has 2 radical (unpaired) electrons. The number of anilines is 1. The second kappa shape index (κ2) is 2.67. The Hall–Kier alpha value is -1.65. The van der Waals surface area contributed by atoms with E-state index in [0.717, 1.165) is 6.07 Å². The molecule has 0 spiro atoms. The molecule has 0 unspecified atom stereocenters. The summed E-state index contributed by atoms with van der Waals surface area (Å²) in [5, 5.41) is 2.29. The molecule has 0 atom stereocenters. The highest BCUT2D eigenvalue weighted by molar-refractivity contribution is 6.52. The first kappa shape index (κ1) is 8.93. The first-order valence-electron chi connectivity index (χ1n) is 3.96. The van der Waals surface area contributed by atoms with Gasteiger partial charge in [0.1, 0.15) is 13.7 Å². The summed E-state index contributed by atoms with van der Waals surface area (Å²) in [6.45, 7) is 1.62. The molecular formula is C9H5BFNO2. The van der Waals surface area contributed by atoms with Gasteiger partial charge in [0.25, 0.3) is 11.7 Å². The molecule has 1 heterocycles. The molecule has 0 saturated carbocycles. The van der Waals surface area contributed by atoms with Crippen molar-refractivity contribution >= 4 is 30.7 Å². The Balaban J connectivity index is 2.79.